The number of amides is 4. The summed E-state index contributed by atoms with van der Waals surface area (Å²) in [7, 11) is 0. The molecule has 2 aromatic carbocycles. The Morgan fingerprint density at radius 2 is 1.57 bits per heavy atom. The van der Waals surface area contributed by atoms with Crippen LogP contribution in [0.25, 0.3) is 22.3 Å². The summed E-state index contributed by atoms with van der Waals surface area (Å²) in [5.41, 5.74) is 4.26. The van der Waals surface area contributed by atoms with Gasteiger partial charge in [-0.3, -0.25) is 34.5 Å². The molecular formula is C43H58N10O5. The van der Waals surface area contributed by atoms with E-state index in [2.05, 4.69) is 52.0 Å². The summed E-state index contributed by atoms with van der Waals surface area (Å²) < 4.78 is 5.83. The molecular weight excluding hydrogens is 737 g/mol. The van der Waals surface area contributed by atoms with E-state index in [9.17, 15) is 19.2 Å². The van der Waals surface area contributed by atoms with Crippen LogP contribution in [0.3, 0.4) is 0 Å². The summed E-state index contributed by atoms with van der Waals surface area (Å²) in [4.78, 5) is 69.1. The minimum atomic E-state index is -0.921. The number of imide groups is 2. The molecule has 1 atom stereocenters. The topological polar surface area (TPSA) is 160 Å². The number of piperidine rings is 2. The molecule has 7 heterocycles. The quantitative estimate of drug-likeness (QED) is 0.223. The van der Waals surface area contributed by atoms with Gasteiger partial charge in [-0.2, -0.15) is 5.10 Å². The number of carbonyl (C=O) groups excluding carboxylic acids is 4. The maximum atomic E-state index is 13.0. The van der Waals surface area contributed by atoms with Crippen LogP contribution in [-0.4, -0.2) is 136 Å². The van der Waals surface area contributed by atoms with Crippen molar-refractivity contribution >= 4 is 46.0 Å². The van der Waals surface area contributed by atoms with Gasteiger partial charge >= 0.3 is 0 Å². The van der Waals surface area contributed by atoms with Gasteiger partial charge in [0, 0.05) is 72.2 Å². The number of H-pyrrole nitrogens is 1. The predicted octanol–water partition coefficient (Wildman–Crippen LogP) is 4.84. The highest BCUT2D eigenvalue weighted by atomic mass is 16.5. The molecule has 4 amide bonds. The molecule has 15 heteroatoms. The number of ether oxygens (including phenoxy) is 1. The predicted molar refractivity (Wildman–Crippen MR) is 225 cm³/mol. The van der Waals surface area contributed by atoms with Crippen LogP contribution in [0.15, 0.2) is 48.8 Å². The summed E-state index contributed by atoms with van der Waals surface area (Å²) in [6, 6.07) is 12.5. The first-order chi connectivity index (χ1) is 28.1. The third-order valence-electron chi connectivity index (χ3n) is 12.1. The number of nitrogens with one attached hydrogen (secondary N) is 2. The molecule has 4 saturated heterocycles. The van der Waals surface area contributed by atoms with E-state index in [1.807, 2.05) is 44.2 Å². The smallest absolute Gasteiger partial charge is 0.262 e. The second-order valence-corrected chi connectivity index (χ2v) is 16.2. The number of piperazine rings is 1. The molecule has 5 aliphatic rings. The van der Waals surface area contributed by atoms with Gasteiger partial charge in [0.2, 0.25) is 11.8 Å². The summed E-state index contributed by atoms with van der Waals surface area (Å²) in [6.45, 7) is 17.0. The highest BCUT2D eigenvalue weighted by Crippen LogP contribution is 2.33. The van der Waals surface area contributed by atoms with Crippen molar-refractivity contribution in [3.05, 3.63) is 59.9 Å². The van der Waals surface area contributed by atoms with Crippen LogP contribution in [-0.2, 0) is 9.59 Å². The lowest BCUT2D eigenvalue weighted by molar-refractivity contribution is -0.136. The van der Waals surface area contributed by atoms with Gasteiger partial charge in [0.15, 0.2) is 0 Å². The van der Waals surface area contributed by atoms with Crippen LogP contribution in [0.1, 0.15) is 82.9 Å². The maximum absolute atomic E-state index is 13.0. The fourth-order valence-electron chi connectivity index (χ4n) is 8.84. The average molecular weight is 795 g/mol. The number of fused-ring (bicyclic) bond motifs is 2. The number of aromatic amines is 1. The Morgan fingerprint density at radius 1 is 0.810 bits per heavy atom. The molecule has 58 heavy (non-hydrogen) atoms. The summed E-state index contributed by atoms with van der Waals surface area (Å²) >= 11 is 0. The lowest BCUT2D eigenvalue weighted by Crippen LogP contribution is -2.54. The van der Waals surface area contributed by atoms with Crippen LogP contribution in [0.4, 0.5) is 11.5 Å². The first kappa shape index (κ1) is 39.4. The summed E-state index contributed by atoms with van der Waals surface area (Å²) in [5, 5.41) is 10.8. The summed E-state index contributed by atoms with van der Waals surface area (Å²) in [6.07, 6.45) is 6.95. The SMILES string of the molecule is CCN1CCN(c2cc(-c3n[nH]c4ccc(OC(C)C)cc34)ncn2)CC1.O=C1CCC(N2C(=O)c3ccc(N4CCC(CN5CCCC5)CC4)cc3C2=O)C(=O)N1.[HH].[HH]. The zero-order valence-corrected chi connectivity index (χ0v) is 33.8. The van der Waals surface area contributed by atoms with E-state index in [-0.39, 0.29) is 27.7 Å². The van der Waals surface area contributed by atoms with Crippen LogP contribution < -0.4 is 19.9 Å². The van der Waals surface area contributed by atoms with Crippen molar-refractivity contribution in [3.63, 3.8) is 0 Å². The normalized spacial score (nSPS) is 20.8. The fourth-order valence-corrected chi connectivity index (χ4v) is 8.84. The van der Waals surface area contributed by atoms with Crippen LogP contribution in [0.2, 0.25) is 0 Å². The number of likely N-dealkylation sites (N-methyl/N-ethyl adjacent to an activating group) is 1. The molecule has 15 nitrogen and oxygen atoms in total. The second kappa shape index (κ2) is 17.2. The van der Waals surface area contributed by atoms with Gasteiger partial charge in [0.25, 0.3) is 11.8 Å². The Bertz CT molecular complexity index is 2160. The molecule has 1 unspecified atom stereocenters. The van der Waals surface area contributed by atoms with Gasteiger partial charge in [-0.25, -0.2) is 9.97 Å². The molecule has 0 aliphatic carbocycles. The second-order valence-electron chi connectivity index (χ2n) is 16.2. The van der Waals surface area contributed by atoms with Crippen molar-refractivity contribution in [1.29, 1.82) is 0 Å². The maximum Gasteiger partial charge on any atom is 0.262 e. The Hall–Kier alpha value is -5.41. The Morgan fingerprint density at radius 3 is 2.29 bits per heavy atom. The standard InChI is InChI=1S/C23H28N4O4.C20H26N6O.2H2/c28-20-6-5-19(21(29)24-20)27-22(30)17-4-3-16(13-18(17)23(27)31)26-11-7-15(8-12-26)14-25-9-1-2-10-25;1-4-25-7-9-26(10-8-25)19-12-18(21-13-22-19)20-16-11-15(27-14(2)3)5-6-17(16)23-24-20;;/h3-4,13,15,19H,1-2,5-12,14H2,(H,24,28,29);5-6,11-14H,4,7-10H2,1-3H3,(H,23,24);2*1H. The van der Waals surface area contributed by atoms with Gasteiger partial charge < -0.3 is 24.3 Å². The van der Waals surface area contributed by atoms with Crippen molar-refractivity contribution in [3.8, 4) is 17.1 Å². The van der Waals surface area contributed by atoms with E-state index >= 15 is 0 Å². The van der Waals surface area contributed by atoms with Gasteiger partial charge in [0.05, 0.1) is 28.4 Å². The van der Waals surface area contributed by atoms with Gasteiger partial charge in [0.1, 0.15) is 29.6 Å². The number of likely N-dealkylation sites (tertiary alicyclic amines) is 1. The minimum Gasteiger partial charge on any atom is -0.491 e. The zero-order valence-electron chi connectivity index (χ0n) is 33.8. The molecule has 0 bridgehead atoms. The first-order valence-electron chi connectivity index (χ1n) is 20.9. The van der Waals surface area contributed by atoms with Crippen molar-refractivity contribution in [2.24, 2.45) is 5.92 Å². The van der Waals surface area contributed by atoms with Crippen molar-refractivity contribution < 1.29 is 26.8 Å². The summed E-state index contributed by atoms with van der Waals surface area (Å²) in [5.74, 6) is 0.673. The fraction of sp³-hybridized carbons (Fsp3) is 0.512. The number of hydrogen-bond donors (Lipinski definition) is 2. The number of benzene rings is 2. The molecule has 310 valence electrons. The lowest BCUT2D eigenvalue weighted by Gasteiger charge is -2.35. The van der Waals surface area contributed by atoms with E-state index in [1.54, 1.807) is 18.5 Å². The van der Waals surface area contributed by atoms with Crippen molar-refractivity contribution in [2.75, 3.05) is 75.2 Å². The van der Waals surface area contributed by atoms with E-state index < -0.39 is 23.8 Å². The molecule has 9 rings (SSSR count). The van der Waals surface area contributed by atoms with Gasteiger partial charge in [-0.15, -0.1) is 0 Å². The third kappa shape index (κ3) is 8.42. The number of rotatable bonds is 9. The third-order valence-corrected chi connectivity index (χ3v) is 12.1. The van der Waals surface area contributed by atoms with Crippen molar-refractivity contribution in [1.82, 2.24) is 40.2 Å². The van der Waals surface area contributed by atoms with Gasteiger partial charge in [-0.1, -0.05) is 6.92 Å². The molecule has 4 aromatic rings. The Labute approximate surface area is 342 Å². The number of aromatic nitrogens is 4. The zero-order chi connectivity index (χ0) is 40.3. The van der Waals surface area contributed by atoms with Crippen LogP contribution in [0.5, 0.6) is 5.75 Å². The highest BCUT2D eigenvalue weighted by Gasteiger charge is 2.45. The molecule has 2 N–H and O–H groups in total. The average Bonchev–Trinajstić information content (AvgIpc) is 3.97. The minimum absolute atomic E-state index is 0. The molecule has 0 radical (unpaired) electrons. The largest absolute Gasteiger partial charge is 0.491 e. The van der Waals surface area contributed by atoms with Crippen LogP contribution >= 0.6 is 0 Å². The first-order valence-corrected chi connectivity index (χ1v) is 20.9. The molecule has 5 aliphatic heterocycles. The number of nitrogens with zero attached hydrogens (tertiary/aromatic N) is 8. The number of anilines is 2. The van der Waals surface area contributed by atoms with E-state index in [0.717, 1.165) is 109 Å². The Kier molecular flexibility index (Phi) is 11.7. The lowest BCUT2D eigenvalue weighted by atomic mass is 9.95. The van der Waals surface area contributed by atoms with E-state index in [0.29, 0.717) is 11.1 Å². The number of hydrogen-bond acceptors (Lipinski definition) is 12. The van der Waals surface area contributed by atoms with Gasteiger partial charge in [-0.05, 0) is 108 Å². The molecule has 2 aromatic heterocycles. The van der Waals surface area contributed by atoms with E-state index in [4.69, 9.17) is 4.74 Å². The molecule has 0 spiro atoms. The van der Waals surface area contributed by atoms with Crippen LogP contribution in [0, 0.1) is 5.92 Å². The molecule has 0 saturated carbocycles. The monoisotopic (exact) mass is 794 g/mol. The highest BCUT2D eigenvalue weighted by molar-refractivity contribution is 6.23. The van der Waals surface area contributed by atoms with Crippen molar-refractivity contribution in [2.45, 2.75) is 71.4 Å². The Balaban J connectivity index is 0.000000196. The number of carbonyl (C=O) groups is 4. The van der Waals surface area contributed by atoms with E-state index in [1.165, 1.54) is 32.5 Å². The molecule has 4 fully saturated rings.